The molecule has 2 nitrogen and oxygen atoms in total. The molecule has 3 rings (SSSR count). The van der Waals surface area contributed by atoms with Crippen molar-refractivity contribution >= 4 is 11.4 Å². The fourth-order valence-corrected chi connectivity index (χ4v) is 12.3. The van der Waals surface area contributed by atoms with Crippen LogP contribution in [0.5, 0.6) is 0 Å². The number of aryl methyl sites for hydroxylation is 4. The molecule has 1 heterocycles. The van der Waals surface area contributed by atoms with Crippen molar-refractivity contribution < 1.29 is 4.70 Å². The van der Waals surface area contributed by atoms with Crippen molar-refractivity contribution in [2.75, 3.05) is 0 Å². The minimum Gasteiger partial charge on any atom is -0.493 e. The topological polar surface area (TPSA) is 25.3 Å². The third kappa shape index (κ3) is 33.2. The second kappa shape index (κ2) is 48.4. The molecule has 0 fully saturated rings. The van der Waals surface area contributed by atoms with Gasteiger partial charge >= 0.3 is 0 Å². The Labute approximate surface area is 475 Å². The van der Waals surface area contributed by atoms with E-state index in [1.807, 2.05) is 0 Å². The minimum absolute atomic E-state index is 0.986. The lowest BCUT2D eigenvalue weighted by atomic mass is 9.94. The molecular formula is C74H128N2. The molecule has 2 aromatic rings. The summed E-state index contributed by atoms with van der Waals surface area (Å²) in [6.45, 7) is 11.6. The van der Waals surface area contributed by atoms with Gasteiger partial charge in [0.25, 0.3) is 0 Å². The van der Waals surface area contributed by atoms with E-state index in [0.29, 0.717) is 0 Å². The van der Waals surface area contributed by atoms with Crippen LogP contribution < -0.4 is 0 Å². The molecule has 0 saturated carbocycles. The predicted molar refractivity (Wildman–Crippen MR) is 341 cm³/mol. The van der Waals surface area contributed by atoms with Crippen molar-refractivity contribution in [2.45, 2.75) is 375 Å². The van der Waals surface area contributed by atoms with Gasteiger partial charge in [-0.05, 0) is 111 Å². The van der Waals surface area contributed by atoms with Crippen LogP contribution >= 0.6 is 0 Å². The molecule has 0 amide bonds. The van der Waals surface area contributed by atoms with Crippen LogP contribution in [-0.2, 0) is 25.7 Å². The second-order valence-corrected chi connectivity index (χ2v) is 24.7. The number of rotatable bonds is 55. The summed E-state index contributed by atoms with van der Waals surface area (Å²) in [5.74, 6) is 0. The summed E-state index contributed by atoms with van der Waals surface area (Å²) in [5.41, 5.74) is 24.1. The first-order chi connectivity index (χ1) is 37.5. The van der Waals surface area contributed by atoms with Gasteiger partial charge in [0.2, 0.25) is 11.4 Å². The van der Waals surface area contributed by atoms with Crippen LogP contribution in [0, 0.1) is 0 Å². The van der Waals surface area contributed by atoms with Crippen molar-refractivity contribution in [1.82, 2.24) is 0 Å². The molecular weight excluding hydrogens is 917 g/mol. The lowest BCUT2D eigenvalue weighted by Gasteiger charge is -2.15. The summed E-state index contributed by atoms with van der Waals surface area (Å²) < 4.78 is 1.62. The van der Waals surface area contributed by atoms with Gasteiger partial charge in [-0.3, -0.25) is 0 Å². The maximum atomic E-state index is 12.5. The van der Waals surface area contributed by atoms with E-state index in [1.54, 1.807) is 4.70 Å². The normalized spacial score (nSPS) is 12.8. The highest BCUT2D eigenvalue weighted by Gasteiger charge is 2.30. The molecule has 434 valence electrons. The van der Waals surface area contributed by atoms with E-state index in [0.717, 1.165) is 56.3 Å². The zero-order chi connectivity index (χ0) is 54.2. The molecule has 0 N–H and O–H groups in total. The Hall–Kier alpha value is -2.48. The van der Waals surface area contributed by atoms with Crippen LogP contribution in [-0.4, -0.2) is 4.70 Å². The molecule has 0 aromatic heterocycles. The Morgan fingerprint density at radius 2 is 0.474 bits per heavy atom. The predicted octanol–water partition coefficient (Wildman–Crippen LogP) is 25.9. The Kier molecular flexibility index (Phi) is 43.2. The van der Waals surface area contributed by atoms with Crippen molar-refractivity contribution in [3.63, 3.8) is 0 Å². The summed E-state index contributed by atoms with van der Waals surface area (Å²) in [4.78, 5) is 0. The smallest absolute Gasteiger partial charge is 0.210 e. The summed E-state index contributed by atoms with van der Waals surface area (Å²) >= 11 is 0. The quantitative estimate of drug-likeness (QED) is 0.0466. The second-order valence-electron chi connectivity index (χ2n) is 24.7. The van der Waals surface area contributed by atoms with Gasteiger partial charge in [-0.25, -0.2) is 4.70 Å². The monoisotopic (exact) mass is 1050 g/mol. The molecule has 0 spiro atoms. The number of hydrogen-bond acceptors (Lipinski definition) is 0. The highest BCUT2D eigenvalue weighted by atomic mass is 15.2. The summed E-state index contributed by atoms with van der Waals surface area (Å²) in [7, 11) is 0. The first-order valence-electron chi connectivity index (χ1n) is 34.7. The number of benzene rings is 2. The van der Waals surface area contributed by atoms with E-state index < -0.39 is 0 Å². The molecule has 0 radical (unpaired) electrons. The average Bonchev–Trinajstić information content (AvgIpc) is 3.77. The maximum Gasteiger partial charge on any atom is 0.210 e. The summed E-state index contributed by atoms with van der Waals surface area (Å²) in [6, 6.07) is 14.8. The van der Waals surface area contributed by atoms with Crippen LogP contribution in [0.15, 0.2) is 48.0 Å². The van der Waals surface area contributed by atoms with Gasteiger partial charge in [-0.15, -0.1) is 0 Å². The van der Waals surface area contributed by atoms with Crippen molar-refractivity contribution in [2.24, 2.45) is 0 Å². The average molecular weight is 1050 g/mol. The molecule has 2 heteroatoms. The van der Waals surface area contributed by atoms with Gasteiger partial charge in [0.15, 0.2) is 0 Å². The first kappa shape index (κ1) is 67.8. The highest BCUT2D eigenvalue weighted by molar-refractivity contribution is 5.79. The van der Waals surface area contributed by atoms with Crippen LogP contribution in [0.1, 0.15) is 383 Å². The largest absolute Gasteiger partial charge is 0.493 e. The molecule has 0 aliphatic carbocycles. The third-order valence-electron chi connectivity index (χ3n) is 17.3. The Morgan fingerprint density at radius 1 is 0.250 bits per heavy atom. The molecule has 1 aliphatic rings. The van der Waals surface area contributed by atoms with Crippen molar-refractivity contribution in [3.8, 4) is 0 Å². The maximum absolute atomic E-state index is 12.5. The lowest BCUT2D eigenvalue weighted by Crippen LogP contribution is -2.05. The molecule has 0 saturated heterocycles. The Morgan fingerprint density at radius 3 is 0.737 bits per heavy atom. The molecule has 76 heavy (non-hydrogen) atoms. The SMILES string of the molecule is CCCCCCCCCCCCCCCCCCCCCc1cc(CCCCCC)cc(C2=CC(CCCC)=C(c3cc(CCCCCC)cc(CCCCCCCCCCCCCCCCCCCCC)c3)[N+]2=[N-])c1. The Balaban J connectivity index is 1.52. The molecule has 2 aromatic carbocycles. The summed E-state index contributed by atoms with van der Waals surface area (Å²) in [5, 5.41) is 0. The fraction of sp³-hybridized carbons (Fsp3) is 0.784. The van der Waals surface area contributed by atoms with Gasteiger partial charge in [0.1, 0.15) is 0 Å². The van der Waals surface area contributed by atoms with Crippen LogP contribution in [0.3, 0.4) is 0 Å². The fourth-order valence-electron chi connectivity index (χ4n) is 12.3. The first-order valence-corrected chi connectivity index (χ1v) is 34.7. The van der Waals surface area contributed by atoms with E-state index in [1.165, 1.54) is 334 Å². The summed E-state index contributed by atoms with van der Waals surface area (Å²) in [6.07, 6.45) is 74.4. The van der Waals surface area contributed by atoms with E-state index >= 15 is 0 Å². The van der Waals surface area contributed by atoms with Crippen molar-refractivity contribution in [3.05, 3.63) is 87.0 Å². The van der Waals surface area contributed by atoms with E-state index in [2.05, 4.69) is 77.1 Å². The zero-order valence-electron chi connectivity index (χ0n) is 51.9. The van der Waals surface area contributed by atoms with Gasteiger partial charge in [0.05, 0.1) is 0 Å². The van der Waals surface area contributed by atoms with Gasteiger partial charge in [-0.1, -0.05) is 323 Å². The van der Waals surface area contributed by atoms with Gasteiger partial charge < -0.3 is 5.53 Å². The third-order valence-corrected chi connectivity index (χ3v) is 17.3. The number of unbranched alkanes of at least 4 members (excludes halogenated alkanes) is 43. The molecule has 1 aliphatic heterocycles. The number of hydrogen-bond donors (Lipinski definition) is 0. The van der Waals surface area contributed by atoms with Crippen LogP contribution in [0.25, 0.3) is 16.9 Å². The van der Waals surface area contributed by atoms with E-state index in [4.69, 9.17) is 0 Å². The van der Waals surface area contributed by atoms with Crippen LogP contribution in [0.4, 0.5) is 0 Å². The van der Waals surface area contributed by atoms with Crippen molar-refractivity contribution in [1.29, 1.82) is 0 Å². The lowest BCUT2D eigenvalue weighted by molar-refractivity contribution is -0.344. The number of allylic oxidation sites excluding steroid dienone is 2. The number of nitrogens with zero attached hydrogens (tertiary/aromatic N) is 2. The van der Waals surface area contributed by atoms with E-state index in [-0.39, 0.29) is 0 Å². The van der Waals surface area contributed by atoms with Crippen LogP contribution in [0.2, 0.25) is 0 Å². The highest BCUT2D eigenvalue weighted by Crippen LogP contribution is 2.39. The van der Waals surface area contributed by atoms with Gasteiger partial charge in [-0.2, -0.15) is 0 Å². The van der Waals surface area contributed by atoms with E-state index in [9.17, 15) is 5.53 Å². The molecule has 0 unspecified atom stereocenters. The zero-order valence-corrected chi connectivity index (χ0v) is 51.9. The molecule has 0 atom stereocenters. The Bertz CT molecular complexity index is 1740. The molecule has 0 bridgehead atoms. The standard InChI is InChI=1S/C74H128N2/c1-6-11-16-20-22-24-26-28-30-32-34-36-38-40-42-44-46-48-52-56-67-59-66(54-50-18-13-8-3)61-71(62-67)73-65-70(58-15-10-5)74(76(73)75)72-63-68(55-51-19-14-9-4)60-69(64-72)57-53-49-47-45-43-41-39-37-35-33-31-29-27-25-23-21-17-12-7-2/h59-65H,6-58H2,1-5H3. The minimum atomic E-state index is 0.986. The van der Waals surface area contributed by atoms with Gasteiger partial charge in [0, 0.05) is 22.8 Å².